The summed E-state index contributed by atoms with van der Waals surface area (Å²) in [5.41, 5.74) is 1.11. The number of nitrogens with zero attached hydrogens (tertiary/aromatic N) is 2. The average Bonchev–Trinajstić information content (AvgIpc) is 3.16. The first-order valence-corrected chi connectivity index (χ1v) is 12.5. The number of rotatable bonds is 8. The Balaban J connectivity index is 1.43. The lowest BCUT2D eigenvalue weighted by Crippen LogP contribution is -2.46. The molecule has 0 aromatic heterocycles. The number of hydrogen-bond donors (Lipinski definition) is 1. The van der Waals surface area contributed by atoms with E-state index in [0.29, 0.717) is 37.6 Å². The van der Waals surface area contributed by atoms with Crippen molar-refractivity contribution < 1.29 is 33.4 Å². The molecule has 0 saturated carbocycles. The Bertz CT molecular complexity index is 1230. The highest BCUT2D eigenvalue weighted by Gasteiger charge is 2.37. The normalized spacial score (nSPS) is 16.8. The van der Waals surface area contributed by atoms with Crippen LogP contribution in [0.15, 0.2) is 47.4 Å². The molecule has 12 heteroatoms. The highest BCUT2D eigenvalue weighted by Crippen LogP contribution is 2.39. The fourth-order valence-corrected chi connectivity index (χ4v) is 4.77. The molecule has 2 heterocycles. The molecule has 194 valence electrons. The molecule has 2 aliphatic rings. The monoisotopic (exact) mass is 545 g/mol. The second-order valence-corrected chi connectivity index (χ2v) is 9.40. The number of carbonyl (C=O) groups excluding carboxylic acids is 4. The van der Waals surface area contributed by atoms with Gasteiger partial charge < -0.3 is 24.4 Å². The molecule has 0 spiro atoms. The zero-order chi connectivity index (χ0) is 26.4. The molecule has 2 aromatic rings. The maximum Gasteiger partial charge on any atom is 0.294 e. The minimum absolute atomic E-state index is 0.147. The van der Waals surface area contributed by atoms with Crippen molar-refractivity contribution in [1.82, 2.24) is 9.80 Å². The highest BCUT2D eigenvalue weighted by atomic mass is 35.5. The molecule has 0 bridgehead atoms. The number of anilines is 1. The highest BCUT2D eigenvalue weighted by molar-refractivity contribution is 8.18. The van der Waals surface area contributed by atoms with Gasteiger partial charge in [-0.15, -0.1) is 0 Å². The quantitative estimate of drug-likeness (QED) is 0.503. The zero-order valence-electron chi connectivity index (χ0n) is 19.9. The summed E-state index contributed by atoms with van der Waals surface area (Å²) >= 11 is 7.13. The van der Waals surface area contributed by atoms with Crippen LogP contribution in [0.25, 0.3) is 6.08 Å². The van der Waals surface area contributed by atoms with Gasteiger partial charge in [0.2, 0.25) is 5.91 Å². The standard InChI is InChI=1S/C25H24ClN3O7S/c1-34-19-12-16(11-18(26)23(19)36-15-21(30)27-17-5-3-2-4-6-17)13-20-24(32)29(25(33)37-20)14-22(31)28-7-9-35-10-8-28/h2-6,11-13H,7-10,14-15H2,1H3,(H,27,30)/b20-13-. The van der Waals surface area contributed by atoms with Crippen molar-refractivity contribution in [3.8, 4) is 11.5 Å². The predicted octanol–water partition coefficient (Wildman–Crippen LogP) is 3.26. The number of methoxy groups -OCH3 is 1. The van der Waals surface area contributed by atoms with E-state index in [9.17, 15) is 19.2 Å². The molecule has 0 atom stereocenters. The molecule has 2 aromatic carbocycles. The first-order valence-electron chi connectivity index (χ1n) is 11.3. The molecule has 1 N–H and O–H groups in total. The Hall–Kier alpha value is -3.54. The lowest BCUT2D eigenvalue weighted by molar-refractivity contribution is -0.139. The van der Waals surface area contributed by atoms with E-state index in [0.717, 1.165) is 16.7 Å². The van der Waals surface area contributed by atoms with Crippen molar-refractivity contribution in [3.05, 3.63) is 58.0 Å². The van der Waals surface area contributed by atoms with E-state index in [1.807, 2.05) is 6.07 Å². The summed E-state index contributed by atoms with van der Waals surface area (Å²) in [4.78, 5) is 52.7. The van der Waals surface area contributed by atoms with Gasteiger partial charge in [-0.1, -0.05) is 29.8 Å². The molecule has 10 nitrogen and oxygen atoms in total. The van der Waals surface area contributed by atoms with Gasteiger partial charge in [0, 0.05) is 18.8 Å². The van der Waals surface area contributed by atoms with E-state index < -0.39 is 11.1 Å². The first kappa shape index (κ1) is 26.5. The number of morpholine rings is 1. The molecule has 2 aliphatic heterocycles. The largest absolute Gasteiger partial charge is 0.493 e. The SMILES string of the molecule is COc1cc(/C=C2\SC(=O)N(CC(=O)N3CCOCC3)C2=O)cc(Cl)c1OCC(=O)Nc1ccccc1. The van der Waals surface area contributed by atoms with Gasteiger partial charge in [-0.05, 0) is 47.7 Å². The van der Waals surface area contributed by atoms with Crippen LogP contribution in [0.2, 0.25) is 5.02 Å². The number of halogens is 1. The molecule has 0 unspecified atom stereocenters. The van der Waals surface area contributed by atoms with Crippen LogP contribution in [0.4, 0.5) is 10.5 Å². The number of hydrogen-bond acceptors (Lipinski definition) is 8. The third kappa shape index (κ3) is 6.62. The summed E-state index contributed by atoms with van der Waals surface area (Å²) in [7, 11) is 1.41. The molecule has 4 amide bonds. The van der Waals surface area contributed by atoms with Crippen LogP contribution in [-0.2, 0) is 19.1 Å². The van der Waals surface area contributed by atoms with Crippen LogP contribution in [0, 0.1) is 0 Å². The van der Waals surface area contributed by atoms with Gasteiger partial charge in [0.1, 0.15) is 6.54 Å². The van der Waals surface area contributed by atoms with Crippen LogP contribution < -0.4 is 14.8 Å². The minimum Gasteiger partial charge on any atom is -0.493 e. The van der Waals surface area contributed by atoms with Crippen molar-refractivity contribution in [3.63, 3.8) is 0 Å². The molecule has 2 fully saturated rings. The Morgan fingerprint density at radius 1 is 1.16 bits per heavy atom. The summed E-state index contributed by atoms with van der Waals surface area (Å²) in [6, 6.07) is 12.0. The Morgan fingerprint density at radius 2 is 1.89 bits per heavy atom. The Kier molecular flexibility index (Phi) is 8.70. The number of imide groups is 1. The van der Waals surface area contributed by atoms with Gasteiger partial charge in [0.25, 0.3) is 17.1 Å². The number of para-hydroxylation sites is 1. The molecule has 0 aliphatic carbocycles. The van der Waals surface area contributed by atoms with Crippen molar-refractivity contribution in [2.75, 3.05) is 51.9 Å². The second kappa shape index (κ2) is 12.1. The van der Waals surface area contributed by atoms with Gasteiger partial charge in [0.15, 0.2) is 18.1 Å². The second-order valence-electron chi connectivity index (χ2n) is 8.00. The first-order chi connectivity index (χ1) is 17.9. The van der Waals surface area contributed by atoms with E-state index in [2.05, 4.69) is 5.32 Å². The fourth-order valence-electron chi connectivity index (χ4n) is 3.66. The Morgan fingerprint density at radius 3 is 2.59 bits per heavy atom. The number of benzene rings is 2. The van der Waals surface area contributed by atoms with Crippen molar-refractivity contribution in [2.24, 2.45) is 0 Å². The van der Waals surface area contributed by atoms with Gasteiger partial charge in [-0.2, -0.15) is 0 Å². The van der Waals surface area contributed by atoms with E-state index in [-0.39, 0.29) is 46.4 Å². The lowest BCUT2D eigenvalue weighted by atomic mass is 10.1. The number of thioether (sulfide) groups is 1. The fraction of sp³-hybridized carbons (Fsp3) is 0.280. The van der Waals surface area contributed by atoms with Gasteiger partial charge >= 0.3 is 0 Å². The summed E-state index contributed by atoms with van der Waals surface area (Å²) in [6.45, 7) is 1.06. The molecular weight excluding hydrogens is 522 g/mol. The Labute approximate surface area is 222 Å². The van der Waals surface area contributed by atoms with E-state index in [4.69, 9.17) is 25.8 Å². The molecule has 2 saturated heterocycles. The smallest absolute Gasteiger partial charge is 0.294 e. The number of amides is 4. The molecule has 37 heavy (non-hydrogen) atoms. The predicted molar refractivity (Wildman–Crippen MR) is 139 cm³/mol. The summed E-state index contributed by atoms with van der Waals surface area (Å²) in [6.07, 6.45) is 1.49. The molecule has 4 rings (SSSR count). The summed E-state index contributed by atoms with van der Waals surface area (Å²) in [5, 5.41) is 2.33. The van der Waals surface area contributed by atoms with E-state index in [1.165, 1.54) is 19.3 Å². The van der Waals surface area contributed by atoms with Crippen molar-refractivity contribution in [1.29, 1.82) is 0 Å². The zero-order valence-corrected chi connectivity index (χ0v) is 21.5. The number of ether oxygens (including phenoxy) is 3. The average molecular weight is 546 g/mol. The van der Waals surface area contributed by atoms with E-state index in [1.54, 1.807) is 35.2 Å². The topological polar surface area (TPSA) is 114 Å². The number of nitrogens with one attached hydrogen (secondary N) is 1. The maximum atomic E-state index is 12.9. The van der Waals surface area contributed by atoms with Crippen LogP contribution >= 0.6 is 23.4 Å². The maximum absolute atomic E-state index is 12.9. The van der Waals surface area contributed by atoms with E-state index >= 15 is 0 Å². The van der Waals surface area contributed by atoms with Gasteiger partial charge in [-0.25, -0.2) is 0 Å². The van der Waals surface area contributed by atoms with Crippen molar-refractivity contribution >= 4 is 58.1 Å². The van der Waals surface area contributed by atoms with Gasteiger partial charge in [-0.3, -0.25) is 24.1 Å². The van der Waals surface area contributed by atoms with Crippen LogP contribution in [-0.4, -0.2) is 79.3 Å². The van der Waals surface area contributed by atoms with Gasteiger partial charge in [0.05, 0.1) is 30.3 Å². The molecule has 0 radical (unpaired) electrons. The van der Waals surface area contributed by atoms with Crippen LogP contribution in [0.5, 0.6) is 11.5 Å². The minimum atomic E-state index is -0.565. The van der Waals surface area contributed by atoms with Crippen LogP contribution in [0.1, 0.15) is 5.56 Å². The van der Waals surface area contributed by atoms with Crippen LogP contribution in [0.3, 0.4) is 0 Å². The molecular formula is C25H24ClN3O7S. The lowest BCUT2D eigenvalue weighted by Gasteiger charge is -2.28. The summed E-state index contributed by atoms with van der Waals surface area (Å²) in [5.74, 6) is -0.852. The third-order valence-electron chi connectivity index (χ3n) is 5.49. The van der Waals surface area contributed by atoms with Crippen molar-refractivity contribution in [2.45, 2.75) is 0 Å². The number of carbonyl (C=O) groups is 4. The third-order valence-corrected chi connectivity index (χ3v) is 6.67. The summed E-state index contributed by atoms with van der Waals surface area (Å²) < 4.78 is 16.2.